The number of benzene rings is 1. The maximum absolute atomic E-state index is 12.3. The lowest BCUT2D eigenvalue weighted by atomic mass is 10.2. The van der Waals surface area contributed by atoms with E-state index in [-0.39, 0.29) is 21.6 Å². The molecule has 0 aliphatic rings. The Kier molecular flexibility index (Phi) is 6.16. The Bertz CT molecular complexity index is 843. The van der Waals surface area contributed by atoms with Crippen LogP contribution in [-0.4, -0.2) is 33.1 Å². The highest BCUT2D eigenvalue weighted by atomic mass is 32.2. The van der Waals surface area contributed by atoms with Gasteiger partial charge in [-0.1, -0.05) is 18.2 Å². The molecule has 0 saturated heterocycles. The predicted molar refractivity (Wildman–Crippen MR) is 93.1 cm³/mol. The Morgan fingerprint density at radius 2 is 1.88 bits per heavy atom. The first-order valence-electron chi connectivity index (χ1n) is 7.31. The minimum absolute atomic E-state index is 0.0000203. The molecule has 0 fully saturated rings. The van der Waals surface area contributed by atoms with Gasteiger partial charge >= 0.3 is 11.9 Å². The molecule has 1 aromatic heterocycles. The fourth-order valence-electron chi connectivity index (χ4n) is 1.86. The molecule has 25 heavy (non-hydrogen) atoms. The van der Waals surface area contributed by atoms with Gasteiger partial charge in [0.2, 0.25) is 0 Å². The van der Waals surface area contributed by atoms with Crippen LogP contribution in [0.25, 0.3) is 0 Å². The number of hydrogen-bond donors (Lipinski definition) is 1. The molecule has 0 spiro atoms. The lowest BCUT2D eigenvalue weighted by molar-refractivity contribution is -0.150. The second-order valence-corrected chi connectivity index (χ2v) is 8.05. The zero-order valence-corrected chi connectivity index (χ0v) is 15.2. The van der Waals surface area contributed by atoms with E-state index in [0.717, 1.165) is 11.3 Å². The van der Waals surface area contributed by atoms with E-state index in [4.69, 9.17) is 9.47 Å². The zero-order valence-electron chi connectivity index (χ0n) is 13.6. The molecule has 1 heterocycles. The van der Waals surface area contributed by atoms with Crippen LogP contribution < -0.4 is 4.72 Å². The molecule has 9 heteroatoms. The maximum Gasteiger partial charge on any atom is 0.344 e. The van der Waals surface area contributed by atoms with Gasteiger partial charge in [0.15, 0.2) is 6.61 Å². The smallest absolute Gasteiger partial charge is 0.344 e. The summed E-state index contributed by atoms with van der Waals surface area (Å²) in [5, 5.41) is 1.63. The number of sulfonamides is 1. The Balaban J connectivity index is 2.12. The molecule has 0 saturated carbocycles. The van der Waals surface area contributed by atoms with Gasteiger partial charge in [-0.05, 0) is 37.4 Å². The summed E-state index contributed by atoms with van der Waals surface area (Å²) < 4.78 is 36.8. The topological polar surface area (TPSA) is 98.8 Å². The van der Waals surface area contributed by atoms with Gasteiger partial charge in [0.05, 0.1) is 17.4 Å². The van der Waals surface area contributed by atoms with E-state index < -0.39 is 28.6 Å². The predicted octanol–water partition coefficient (Wildman–Crippen LogP) is 2.66. The number of rotatable bonds is 7. The van der Waals surface area contributed by atoms with Crippen LogP contribution in [0.15, 0.2) is 46.0 Å². The standard InChI is InChI=1S/C16H17NO6S2/c1-11(2)23-14(18)10-22-16(19)12-6-3-4-7-13(12)17-25(20,21)15-8-5-9-24-15/h3-9,11,17H,10H2,1-2H3. The van der Waals surface area contributed by atoms with E-state index in [9.17, 15) is 18.0 Å². The van der Waals surface area contributed by atoms with Crippen LogP contribution >= 0.6 is 11.3 Å². The minimum atomic E-state index is -3.80. The Morgan fingerprint density at radius 1 is 1.16 bits per heavy atom. The van der Waals surface area contributed by atoms with Crippen molar-refractivity contribution in [1.29, 1.82) is 0 Å². The zero-order chi connectivity index (χ0) is 18.4. The summed E-state index contributed by atoms with van der Waals surface area (Å²) in [5.74, 6) is -1.51. The molecule has 0 atom stereocenters. The van der Waals surface area contributed by atoms with Crippen molar-refractivity contribution in [3.05, 3.63) is 47.3 Å². The van der Waals surface area contributed by atoms with Crippen molar-refractivity contribution in [1.82, 2.24) is 0 Å². The lowest BCUT2D eigenvalue weighted by Crippen LogP contribution is -2.21. The van der Waals surface area contributed by atoms with Gasteiger partial charge in [0.1, 0.15) is 4.21 Å². The van der Waals surface area contributed by atoms with Gasteiger partial charge in [-0.2, -0.15) is 0 Å². The average molecular weight is 383 g/mol. The van der Waals surface area contributed by atoms with E-state index in [1.165, 1.54) is 18.2 Å². The number of para-hydroxylation sites is 1. The average Bonchev–Trinajstić information content (AvgIpc) is 3.07. The second-order valence-electron chi connectivity index (χ2n) is 5.20. The molecule has 0 aliphatic carbocycles. The summed E-state index contributed by atoms with van der Waals surface area (Å²) in [4.78, 5) is 23.6. The van der Waals surface area contributed by atoms with Gasteiger partial charge in [0.25, 0.3) is 10.0 Å². The number of carbonyl (C=O) groups is 2. The van der Waals surface area contributed by atoms with Gasteiger partial charge < -0.3 is 9.47 Å². The molecule has 0 radical (unpaired) electrons. The molecule has 7 nitrogen and oxygen atoms in total. The van der Waals surface area contributed by atoms with Crippen LogP contribution in [0.5, 0.6) is 0 Å². The van der Waals surface area contributed by atoms with E-state index in [1.54, 1.807) is 37.4 Å². The highest BCUT2D eigenvalue weighted by Crippen LogP contribution is 2.23. The molecular formula is C16H17NO6S2. The van der Waals surface area contributed by atoms with Crippen molar-refractivity contribution in [3.63, 3.8) is 0 Å². The summed E-state index contributed by atoms with van der Waals surface area (Å²) in [7, 11) is -3.80. The van der Waals surface area contributed by atoms with Crippen LogP contribution in [0.3, 0.4) is 0 Å². The Hall–Kier alpha value is -2.39. The van der Waals surface area contributed by atoms with Crippen LogP contribution in [-0.2, 0) is 24.3 Å². The monoisotopic (exact) mass is 383 g/mol. The third kappa shape index (κ3) is 5.30. The summed E-state index contributed by atoms with van der Waals surface area (Å²) in [6.07, 6.45) is -0.323. The first kappa shape index (κ1) is 18.9. The summed E-state index contributed by atoms with van der Waals surface area (Å²) >= 11 is 1.06. The van der Waals surface area contributed by atoms with E-state index in [0.29, 0.717) is 0 Å². The van der Waals surface area contributed by atoms with Crippen molar-refractivity contribution in [2.45, 2.75) is 24.2 Å². The SMILES string of the molecule is CC(C)OC(=O)COC(=O)c1ccccc1NS(=O)(=O)c1cccs1. The molecule has 2 rings (SSSR count). The number of esters is 2. The Labute approximate surface area is 149 Å². The van der Waals surface area contributed by atoms with Crippen LogP contribution in [0.1, 0.15) is 24.2 Å². The quantitative estimate of drug-likeness (QED) is 0.738. The van der Waals surface area contributed by atoms with Crippen molar-refractivity contribution in [3.8, 4) is 0 Å². The summed E-state index contributed by atoms with van der Waals surface area (Å²) in [5.41, 5.74) is 0.0677. The molecule has 0 amide bonds. The van der Waals surface area contributed by atoms with Gasteiger partial charge in [-0.25, -0.2) is 18.0 Å². The molecule has 0 aliphatic heterocycles. The summed E-state index contributed by atoms with van der Waals surface area (Å²) in [6.45, 7) is 2.80. The van der Waals surface area contributed by atoms with Crippen LogP contribution in [0, 0.1) is 0 Å². The third-order valence-corrected chi connectivity index (χ3v) is 5.60. The molecule has 0 bridgehead atoms. The van der Waals surface area contributed by atoms with E-state index in [2.05, 4.69) is 4.72 Å². The fraction of sp³-hybridized carbons (Fsp3) is 0.250. The number of ether oxygens (including phenoxy) is 2. The Morgan fingerprint density at radius 3 is 2.52 bits per heavy atom. The third-order valence-electron chi connectivity index (χ3n) is 2.84. The first-order chi connectivity index (χ1) is 11.8. The molecule has 1 aromatic carbocycles. The molecule has 1 N–H and O–H groups in total. The molecular weight excluding hydrogens is 366 g/mol. The molecule has 2 aromatic rings. The van der Waals surface area contributed by atoms with Crippen molar-refractivity contribution in [2.75, 3.05) is 11.3 Å². The maximum atomic E-state index is 12.3. The molecule has 0 unspecified atom stereocenters. The second kappa shape index (κ2) is 8.13. The van der Waals surface area contributed by atoms with E-state index >= 15 is 0 Å². The van der Waals surface area contributed by atoms with Crippen LogP contribution in [0.2, 0.25) is 0 Å². The van der Waals surface area contributed by atoms with Gasteiger partial charge in [-0.3, -0.25) is 4.72 Å². The highest BCUT2D eigenvalue weighted by molar-refractivity contribution is 7.94. The number of anilines is 1. The number of carbonyl (C=O) groups excluding carboxylic acids is 2. The molecule has 134 valence electrons. The number of thiophene rings is 1. The van der Waals surface area contributed by atoms with Crippen molar-refractivity contribution < 1.29 is 27.5 Å². The lowest BCUT2D eigenvalue weighted by Gasteiger charge is -2.12. The van der Waals surface area contributed by atoms with Crippen LogP contribution in [0.4, 0.5) is 5.69 Å². The van der Waals surface area contributed by atoms with Gasteiger partial charge in [-0.15, -0.1) is 11.3 Å². The van der Waals surface area contributed by atoms with Crippen molar-refractivity contribution in [2.24, 2.45) is 0 Å². The largest absolute Gasteiger partial charge is 0.460 e. The number of nitrogens with one attached hydrogen (secondary N) is 1. The fourth-order valence-corrected chi connectivity index (χ4v) is 3.93. The van der Waals surface area contributed by atoms with Crippen molar-refractivity contribution >= 4 is 39.0 Å². The minimum Gasteiger partial charge on any atom is -0.460 e. The first-order valence-corrected chi connectivity index (χ1v) is 9.68. The highest BCUT2D eigenvalue weighted by Gasteiger charge is 2.20. The normalized spacial score (nSPS) is 11.2. The summed E-state index contributed by atoms with van der Waals surface area (Å²) in [6, 6.07) is 9.05. The number of hydrogen-bond acceptors (Lipinski definition) is 7. The van der Waals surface area contributed by atoms with Gasteiger partial charge in [0, 0.05) is 0 Å². The van der Waals surface area contributed by atoms with E-state index in [1.807, 2.05) is 0 Å².